The van der Waals surface area contributed by atoms with Crippen molar-refractivity contribution in [2.24, 2.45) is 11.3 Å². The standard InChI is InChI=1S/C33H36F5N7O7S/c1-30(2,3)53(50)42-25(22-14-44-24(41-22)11-18(13-40-44)23(15-51-4)43-17-32(34,35)16-39-29(43)49)21(12-31(9-10-31)33(36,37)38)28(48)52-45-26(46)19-7-5-6-8-20(19)27(45)47/h5-8,11,13-14,21,23,25,42H,9-10,12,15-17H2,1-4H3,(H,39,49)/t21?,23?,25?,53-/m0/s1. The first kappa shape index (κ1) is 38.3. The number of carbonyl (C=O) groups excluding carboxylic acids is 4. The Bertz CT molecular complexity index is 1900. The summed E-state index contributed by atoms with van der Waals surface area (Å²) in [6.07, 6.45) is -3.71. The number of carbonyl (C=O) groups is 4. The lowest BCUT2D eigenvalue weighted by Crippen LogP contribution is -2.58. The Morgan fingerprint density at radius 1 is 1.11 bits per heavy atom. The zero-order chi connectivity index (χ0) is 38.7. The molecule has 2 fully saturated rings. The van der Waals surface area contributed by atoms with Gasteiger partial charge in [0.05, 0.1) is 66.3 Å². The van der Waals surface area contributed by atoms with Gasteiger partial charge in [-0.25, -0.2) is 27.9 Å². The number of halogens is 5. The van der Waals surface area contributed by atoms with Gasteiger partial charge in [0, 0.05) is 24.0 Å². The number of fused-ring (bicyclic) bond motifs is 2. The summed E-state index contributed by atoms with van der Waals surface area (Å²) in [5.74, 6) is -8.44. The number of benzene rings is 1. The highest BCUT2D eigenvalue weighted by atomic mass is 32.2. The van der Waals surface area contributed by atoms with Gasteiger partial charge in [0.15, 0.2) is 5.65 Å². The molecule has 4 amide bonds. The number of imide groups is 1. The molecule has 1 saturated carbocycles. The molecule has 4 atom stereocenters. The van der Waals surface area contributed by atoms with Gasteiger partial charge in [0.2, 0.25) is 0 Å². The molecule has 6 rings (SSSR count). The van der Waals surface area contributed by atoms with Gasteiger partial charge in [-0.1, -0.05) is 17.2 Å². The molecule has 2 aliphatic heterocycles. The molecule has 3 aromatic rings. The highest BCUT2D eigenvalue weighted by molar-refractivity contribution is 7.90. The molecule has 14 nitrogen and oxygen atoms in total. The third-order valence-electron chi connectivity index (χ3n) is 9.42. The summed E-state index contributed by atoms with van der Waals surface area (Å²) in [7, 11) is 1.31. The molecule has 1 aromatic carbocycles. The second-order valence-corrected chi connectivity index (χ2v) is 16.3. The molecule has 2 aromatic heterocycles. The van der Waals surface area contributed by atoms with Crippen LogP contribution < -0.4 is 10.0 Å². The fourth-order valence-corrected chi connectivity index (χ4v) is 7.13. The van der Waals surface area contributed by atoms with E-state index < -0.39 is 94.9 Å². The van der Waals surface area contributed by atoms with Gasteiger partial charge in [0.1, 0.15) is 10.8 Å². The molecule has 0 bridgehead atoms. The van der Waals surface area contributed by atoms with Crippen molar-refractivity contribution in [3.63, 3.8) is 0 Å². The van der Waals surface area contributed by atoms with E-state index in [9.17, 15) is 45.7 Å². The Balaban J connectivity index is 1.40. The average Bonchev–Trinajstić information content (AvgIpc) is 3.72. The zero-order valence-electron chi connectivity index (χ0n) is 28.9. The average molecular weight is 770 g/mol. The van der Waals surface area contributed by atoms with E-state index in [1.165, 1.54) is 54.4 Å². The van der Waals surface area contributed by atoms with Gasteiger partial charge in [-0.3, -0.25) is 9.59 Å². The number of hydroxylamine groups is 2. The normalized spacial score (nSPS) is 20.5. The van der Waals surface area contributed by atoms with Crippen molar-refractivity contribution in [1.82, 2.24) is 34.6 Å². The minimum atomic E-state index is -4.75. The topological polar surface area (TPSA) is 171 Å². The van der Waals surface area contributed by atoms with Crippen LogP contribution in [0.2, 0.25) is 0 Å². The van der Waals surface area contributed by atoms with Gasteiger partial charge in [-0.05, 0) is 58.2 Å². The highest BCUT2D eigenvalue weighted by Gasteiger charge is 2.65. The number of hydrogen-bond acceptors (Lipinski definition) is 10. The molecule has 0 radical (unpaired) electrons. The number of alkyl halides is 5. The first-order chi connectivity index (χ1) is 24.7. The first-order valence-corrected chi connectivity index (χ1v) is 17.6. The summed E-state index contributed by atoms with van der Waals surface area (Å²) in [4.78, 5) is 63.6. The lowest BCUT2D eigenvalue weighted by molar-refractivity contribution is -0.199. The van der Waals surface area contributed by atoms with Gasteiger partial charge in [-0.2, -0.15) is 18.3 Å². The Morgan fingerprint density at radius 3 is 2.32 bits per heavy atom. The maximum absolute atomic E-state index is 14.5. The third-order valence-corrected chi connectivity index (χ3v) is 11.0. The number of nitrogens with one attached hydrogen (secondary N) is 2. The number of nitrogens with zero attached hydrogens (tertiary/aromatic N) is 5. The van der Waals surface area contributed by atoms with Crippen molar-refractivity contribution < 1.29 is 55.3 Å². The number of methoxy groups -OCH3 is 1. The summed E-state index contributed by atoms with van der Waals surface area (Å²) < 4.78 is 93.8. The van der Waals surface area contributed by atoms with E-state index in [-0.39, 0.29) is 52.5 Å². The van der Waals surface area contributed by atoms with Crippen LogP contribution in [0.15, 0.2) is 42.7 Å². The number of amides is 4. The zero-order valence-corrected chi connectivity index (χ0v) is 29.7. The summed E-state index contributed by atoms with van der Waals surface area (Å²) in [6, 6.07) is 3.64. The molecular formula is C33H36F5N7O7S. The number of imidazole rings is 1. The predicted molar refractivity (Wildman–Crippen MR) is 175 cm³/mol. The van der Waals surface area contributed by atoms with Gasteiger partial charge in [-0.15, -0.1) is 4.72 Å². The van der Waals surface area contributed by atoms with Crippen molar-refractivity contribution >= 4 is 40.8 Å². The van der Waals surface area contributed by atoms with Crippen LogP contribution in [0.25, 0.3) is 5.65 Å². The minimum Gasteiger partial charge on any atom is -0.598 e. The Labute approximate surface area is 302 Å². The van der Waals surface area contributed by atoms with Crippen LogP contribution in [-0.4, -0.2) is 96.6 Å². The number of rotatable bonds is 12. The predicted octanol–water partition coefficient (Wildman–Crippen LogP) is 4.27. The quantitative estimate of drug-likeness (QED) is 0.154. The second-order valence-electron chi connectivity index (χ2n) is 14.3. The fraction of sp³-hybridized carbons (Fsp3) is 0.515. The summed E-state index contributed by atoms with van der Waals surface area (Å²) >= 11 is -2.03. The van der Waals surface area contributed by atoms with Gasteiger partial charge >= 0.3 is 18.2 Å². The molecule has 1 aliphatic carbocycles. The molecule has 20 heteroatoms. The number of hydrogen-bond donors (Lipinski definition) is 2. The van der Waals surface area contributed by atoms with Gasteiger partial charge in [0.25, 0.3) is 17.7 Å². The number of urea groups is 1. The van der Waals surface area contributed by atoms with Crippen LogP contribution in [0, 0.1) is 11.3 Å². The summed E-state index contributed by atoms with van der Waals surface area (Å²) in [5, 5.41) is 6.62. The maximum atomic E-state index is 14.5. The van der Waals surface area contributed by atoms with E-state index in [1.807, 2.05) is 0 Å². The van der Waals surface area contributed by atoms with E-state index >= 15 is 0 Å². The fourth-order valence-electron chi connectivity index (χ4n) is 6.26. The van der Waals surface area contributed by atoms with Crippen LogP contribution in [0.1, 0.15) is 84.1 Å². The number of aromatic nitrogens is 3. The van der Waals surface area contributed by atoms with E-state index in [4.69, 9.17) is 9.57 Å². The largest absolute Gasteiger partial charge is 0.598 e. The van der Waals surface area contributed by atoms with Crippen molar-refractivity contribution in [3.8, 4) is 0 Å². The first-order valence-electron chi connectivity index (χ1n) is 16.5. The van der Waals surface area contributed by atoms with E-state index in [1.54, 1.807) is 20.8 Å². The molecule has 2 N–H and O–H groups in total. The van der Waals surface area contributed by atoms with Crippen LogP contribution >= 0.6 is 0 Å². The molecule has 4 heterocycles. The third kappa shape index (κ3) is 7.54. The molecule has 286 valence electrons. The second kappa shape index (κ2) is 13.8. The van der Waals surface area contributed by atoms with E-state index in [2.05, 4.69) is 20.1 Å². The van der Waals surface area contributed by atoms with Crippen LogP contribution in [0.3, 0.4) is 0 Å². The lowest BCUT2D eigenvalue weighted by atomic mass is 9.85. The monoisotopic (exact) mass is 769 g/mol. The van der Waals surface area contributed by atoms with Crippen molar-refractivity contribution in [3.05, 3.63) is 65.1 Å². The Kier molecular flexibility index (Phi) is 9.97. The minimum absolute atomic E-state index is 0.0283. The molecular weight excluding hydrogens is 733 g/mol. The lowest BCUT2D eigenvalue weighted by Gasteiger charge is -2.38. The molecule has 0 spiro atoms. The van der Waals surface area contributed by atoms with Crippen LogP contribution in [0.5, 0.6) is 0 Å². The molecule has 1 saturated heterocycles. The smallest absolute Gasteiger partial charge is 0.394 e. The summed E-state index contributed by atoms with van der Waals surface area (Å²) in [5.41, 5.74) is -2.32. The Morgan fingerprint density at radius 2 is 1.75 bits per heavy atom. The van der Waals surface area contributed by atoms with Crippen molar-refractivity contribution in [1.29, 1.82) is 0 Å². The van der Waals surface area contributed by atoms with Crippen molar-refractivity contribution in [2.45, 2.75) is 69.0 Å². The van der Waals surface area contributed by atoms with Crippen LogP contribution in [0.4, 0.5) is 26.7 Å². The SMILES string of the molecule is COCC(c1cnn2cc(C(N[S@@+]([O-])C(C)(C)C)C(CC3(C(F)(F)F)CC3)C(=O)ON3C(=O)c4ccccc4C3=O)nc2c1)N1CC(F)(F)CNC1=O. The molecule has 53 heavy (non-hydrogen) atoms. The van der Waals surface area contributed by atoms with Crippen LogP contribution in [-0.2, 0) is 25.7 Å². The summed E-state index contributed by atoms with van der Waals surface area (Å²) in [6.45, 7) is 2.79. The molecule has 3 unspecified atom stereocenters. The van der Waals surface area contributed by atoms with E-state index in [0.29, 0.717) is 0 Å². The van der Waals surface area contributed by atoms with E-state index in [0.717, 1.165) is 4.90 Å². The van der Waals surface area contributed by atoms with Crippen molar-refractivity contribution in [2.75, 3.05) is 26.8 Å². The van der Waals surface area contributed by atoms with Gasteiger partial charge < -0.3 is 24.3 Å². The molecule has 3 aliphatic rings. The Hall–Kier alpha value is -4.40. The maximum Gasteiger partial charge on any atom is 0.394 e. The number of ether oxygens (including phenoxy) is 1. The highest BCUT2D eigenvalue weighted by Crippen LogP contribution is 2.62.